The first-order valence-electron chi connectivity index (χ1n) is 6.05. The van der Waals surface area contributed by atoms with E-state index in [-0.39, 0.29) is 18.2 Å². The normalized spacial score (nSPS) is 14.5. The van der Waals surface area contributed by atoms with E-state index in [9.17, 15) is 58.2 Å². The highest BCUT2D eigenvalue weighted by molar-refractivity contribution is 6.02. The average molecular weight is 401 g/mol. The van der Waals surface area contributed by atoms with Crippen LogP contribution >= 0.6 is 0 Å². The second kappa shape index (κ2) is 6.43. The van der Waals surface area contributed by atoms with Crippen LogP contribution in [0.5, 0.6) is 0 Å². The average Bonchev–Trinajstić information content (AvgIpc) is 2.42. The Balaban J connectivity index is 3.43. The first kappa shape index (κ1) is 21.7. The molecule has 0 fully saturated rings. The van der Waals surface area contributed by atoms with Crippen molar-refractivity contribution < 1.29 is 58.2 Å². The number of carbonyl (C=O) groups is 1. The number of ketones is 1. The lowest BCUT2D eigenvalue weighted by Crippen LogP contribution is -2.58. The zero-order valence-corrected chi connectivity index (χ0v) is 11.8. The third-order valence-electron chi connectivity index (χ3n) is 2.94. The van der Waals surface area contributed by atoms with Gasteiger partial charge in [-0.15, -0.1) is 0 Å². The largest absolute Gasteiger partial charge is 0.872 e. The SMILES string of the molecule is O=C(/C=C(\[O-])c1ccc(F)c(C(F)(F)F)c1)C(F)(C(F)(F)F)C(F)(F)F. The Labute approximate surface area is 136 Å². The van der Waals surface area contributed by atoms with E-state index in [0.717, 1.165) is 0 Å². The zero-order valence-electron chi connectivity index (χ0n) is 11.8. The predicted octanol–water partition coefficient (Wildman–Crippen LogP) is 3.95. The Hall–Kier alpha value is -2.34. The van der Waals surface area contributed by atoms with Gasteiger partial charge in [-0.1, -0.05) is 11.8 Å². The summed E-state index contributed by atoms with van der Waals surface area (Å²) < 4.78 is 138. The highest BCUT2D eigenvalue weighted by atomic mass is 19.4. The lowest BCUT2D eigenvalue weighted by Gasteiger charge is -2.28. The van der Waals surface area contributed by atoms with Gasteiger partial charge in [0.1, 0.15) is 5.82 Å². The Bertz CT molecular complexity index is 711. The minimum atomic E-state index is -6.79. The molecule has 1 rings (SSSR count). The maximum atomic E-state index is 13.4. The molecule has 0 N–H and O–H groups in total. The summed E-state index contributed by atoms with van der Waals surface area (Å²) in [5.74, 6) is -7.40. The summed E-state index contributed by atoms with van der Waals surface area (Å²) in [7, 11) is 0. The molecular weight excluding hydrogens is 397 g/mol. The van der Waals surface area contributed by atoms with E-state index in [1.54, 1.807) is 0 Å². The third kappa shape index (κ3) is 3.90. The number of allylic oxidation sites excluding steroid dienone is 1. The molecule has 0 radical (unpaired) electrons. The van der Waals surface area contributed by atoms with Crippen molar-refractivity contribution in [1.82, 2.24) is 0 Å². The summed E-state index contributed by atoms with van der Waals surface area (Å²) in [6.45, 7) is 0. The van der Waals surface area contributed by atoms with Gasteiger partial charge in [-0.3, -0.25) is 4.79 Å². The number of hydrogen-bond acceptors (Lipinski definition) is 2. The van der Waals surface area contributed by atoms with Gasteiger partial charge in [0, 0.05) is 0 Å². The van der Waals surface area contributed by atoms with E-state index in [1.165, 1.54) is 0 Å². The first-order valence-corrected chi connectivity index (χ1v) is 6.05. The summed E-state index contributed by atoms with van der Waals surface area (Å²) in [4.78, 5) is 11.1. The molecule has 146 valence electrons. The Morgan fingerprint density at radius 1 is 0.885 bits per heavy atom. The number of carbonyl (C=O) groups excluding carboxylic acids is 1. The molecule has 0 spiro atoms. The molecule has 0 unspecified atom stereocenters. The van der Waals surface area contributed by atoms with Crippen LogP contribution in [0.25, 0.3) is 5.76 Å². The van der Waals surface area contributed by atoms with E-state index >= 15 is 0 Å². The minimum Gasteiger partial charge on any atom is -0.872 e. The summed E-state index contributed by atoms with van der Waals surface area (Å²) in [6, 6.07) is 0.0604. The van der Waals surface area contributed by atoms with Crippen LogP contribution in [0.3, 0.4) is 0 Å². The van der Waals surface area contributed by atoms with Crippen molar-refractivity contribution in [3.63, 3.8) is 0 Å². The Morgan fingerprint density at radius 2 is 1.35 bits per heavy atom. The number of halogens is 11. The van der Waals surface area contributed by atoms with Crippen molar-refractivity contribution in [2.45, 2.75) is 24.2 Å². The second-order valence-electron chi connectivity index (χ2n) is 4.72. The highest BCUT2D eigenvalue weighted by Crippen LogP contribution is 2.47. The topological polar surface area (TPSA) is 40.1 Å². The van der Waals surface area contributed by atoms with Crippen LogP contribution < -0.4 is 5.11 Å². The Morgan fingerprint density at radius 3 is 1.73 bits per heavy atom. The van der Waals surface area contributed by atoms with E-state index in [1.807, 2.05) is 0 Å². The maximum Gasteiger partial charge on any atom is 0.439 e. The molecule has 0 atom stereocenters. The third-order valence-corrected chi connectivity index (χ3v) is 2.94. The van der Waals surface area contributed by atoms with E-state index in [4.69, 9.17) is 0 Å². The van der Waals surface area contributed by atoms with E-state index in [2.05, 4.69) is 0 Å². The van der Waals surface area contributed by atoms with Crippen LogP contribution in [0, 0.1) is 5.82 Å². The number of hydrogen-bond donors (Lipinski definition) is 0. The minimum absolute atomic E-state index is 0.0462. The quantitative estimate of drug-likeness (QED) is 0.437. The molecule has 13 heteroatoms. The molecule has 0 amide bonds. The molecule has 0 saturated carbocycles. The molecule has 0 aromatic heterocycles. The van der Waals surface area contributed by atoms with Gasteiger partial charge in [-0.05, 0) is 23.8 Å². The van der Waals surface area contributed by atoms with Gasteiger partial charge in [-0.2, -0.15) is 39.5 Å². The van der Waals surface area contributed by atoms with Crippen LogP contribution in [0.2, 0.25) is 0 Å². The fraction of sp³-hybridized carbons (Fsp3) is 0.308. The first-order chi connectivity index (χ1) is 11.4. The Kier molecular flexibility index (Phi) is 5.37. The predicted molar refractivity (Wildman–Crippen MR) is 60.3 cm³/mol. The molecular formula is C13H4F11O2-. The molecule has 0 aliphatic heterocycles. The van der Waals surface area contributed by atoms with Gasteiger partial charge in [0.15, 0.2) is 0 Å². The van der Waals surface area contributed by atoms with Crippen LogP contribution in [-0.4, -0.2) is 23.8 Å². The van der Waals surface area contributed by atoms with Crippen molar-refractivity contribution in [3.05, 3.63) is 41.2 Å². The number of benzene rings is 1. The van der Waals surface area contributed by atoms with Gasteiger partial charge in [0.05, 0.1) is 5.56 Å². The van der Waals surface area contributed by atoms with Crippen molar-refractivity contribution in [2.75, 3.05) is 0 Å². The van der Waals surface area contributed by atoms with Crippen LogP contribution in [0.4, 0.5) is 48.3 Å². The van der Waals surface area contributed by atoms with Gasteiger partial charge in [0.25, 0.3) is 0 Å². The van der Waals surface area contributed by atoms with E-state index < -0.39 is 58.8 Å². The fourth-order valence-electron chi connectivity index (χ4n) is 1.64. The van der Waals surface area contributed by atoms with Gasteiger partial charge in [-0.25, -0.2) is 8.78 Å². The maximum absolute atomic E-state index is 13.4. The van der Waals surface area contributed by atoms with Crippen molar-refractivity contribution in [2.24, 2.45) is 0 Å². The summed E-state index contributed by atoms with van der Waals surface area (Å²) >= 11 is 0. The van der Waals surface area contributed by atoms with Crippen LogP contribution in [-0.2, 0) is 11.0 Å². The number of rotatable bonds is 3. The van der Waals surface area contributed by atoms with Crippen LogP contribution in [0.1, 0.15) is 11.1 Å². The molecule has 0 aliphatic carbocycles. The summed E-state index contributed by atoms with van der Waals surface area (Å²) in [6.07, 6.45) is -19.9. The molecule has 0 bridgehead atoms. The summed E-state index contributed by atoms with van der Waals surface area (Å²) in [5.41, 5.74) is -9.79. The van der Waals surface area contributed by atoms with Crippen molar-refractivity contribution in [1.29, 1.82) is 0 Å². The van der Waals surface area contributed by atoms with Gasteiger partial charge in [0.2, 0.25) is 5.78 Å². The molecule has 2 nitrogen and oxygen atoms in total. The van der Waals surface area contributed by atoms with Crippen molar-refractivity contribution in [3.8, 4) is 0 Å². The summed E-state index contributed by atoms with van der Waals surface area (Å²) in [5, 5.41) is 11.5. The fourth-order valence-corrected chi connectivity index (χ4v) is 1.64. The monoisotopic (exact) mass is 401 g/mol. The number of alkyl halides is 10. The van der Waals surface area contributed by atoms with Crippen LogP contribution in [0.15, 0.2) is 24.3 Å². The smallest absolute Gasteiger partial charge is 0.439 e. The lowest BCUT2D eigenvalue weighted by molar-refractivity contribution is -0.323. The molecule has 1 aromatic carbocycles. The highest BCUT2D eigenvalue weighted by Gasteiger charge is 2.76. The second-order valence-corrected chi connectivity index (χ2v) is 4.72. The van der Waals surface area contributed by atoms with Gasteiger partial charge >= 0.3 is 24.2 Å². The van der Waals surface area contributed by atoms with Crippen molar-refractivity contribution >= 4 is 11.5 Å². The molecule has 1 aromatic rings. The van der Waals surface area contributed by atoms with Gasteiger partial charge < -0.3 is 5.11 Å². The molecule has 0 saturated heterocycles. The lowest BCUT2D eigenvalue weighted by atomic mass is 9.97. The molecule has 0 heterocycles. The standard InChI is InChI=1S/C13H5F11O2/c14-7-2-1-5(3-6(7)11(16,17)18)8(25)4-9(26)10(15,12(19,20)21)13(22,23)24/h1-4,25H/p-1/b8-4-. The van der Waals surface area contributed by atoms with E-state index in [0.29, 0.717) is 0 Å². The molecule has 26 heavy (non-hydrogen) atoms. The zero-order chi connectivity index (χ0) is 20.7. The molecule has 0 aliphatic rings.